The first-order valence-corrected chi connectivity index (χ1v) is 10.1. The monoisotopic (exact) mass is 428 g/mol. The largest absolute Gasteiger partial charge is 0.495 e. The molecule has 1 fully saturated rings. The van der Waals surface area contributed by atoms with Gasteiger partial charge in [0.25, 0.3) is 0 Å². The molecule has 8 nitrogen and oxygen atoms in total. The SMILES string of the molecule is COc1ccccc1N1C(N2CCOCC2)=NC(N)=NC1Nc1ccc(C)c(Cl)c1. The molecule has 1 saturated heterocycles. The van der Waals surface area contributed by atoms with E-state index in [4.69, 9.17) is 26.8 Å². The summed E-state index contributed by atoms with van der Waals surface area (Å²) >= 11 is 6.33. The number of nitrogens with one attached hydrogen (secondary N) is 1. The Balaban J connectivity index is 1.76. The molecule has 2 aliphatic heterocycles. The molecule has 30 heavy (non-hydrogen) atoms. The van der Waals surface area contributed by atoms with E-state index in [1.165, 1.54) is 0 Å². The zero-order chi connectivity index (χ0) is 21.1. The summed E-state index contributed by atoms with van der Waals surface area (Å²) < 4.78 is 11.1. The molecule has 1 atom stereocenters. The summed E-state index contributed by atoms with van der Waals surface area (Å²) in [5.41, 5.74) is 8.79. The van der Waals surface area contributed by atoms with Crippen LogP contribution in [0.3, 0.4) is 0 Å². The van der Waals surface area contributed by atoms with Crippen molar-refractivity contribution in [1.82, 2.24) is 4.90 Å². The molecule has 0 saturated carbocycles. The van der Waals surface area contributed by atoms with E-state index in [2.05, 4.69) is 20.2 Å². The summed E-state index contributed by atoms with van der Waals surface area (Å²) in [4.78, 5) is 13.3. The van der Waals surface area contributed by atoms with Crippen molar-refractivity contribution >= 4 is 34.9 Å². The van der Waals surface area contributed by atoms with E-state index < -0.39 is 6.29 Å². The van der Waals surface area contributed by atoms with Gasteiger partial charge in [-0.05, 0) is 36.8 Å². The van der Waals surface area contributed by atoms with E-state index in [1.54, 1.807) is 7.11 Å². The van der Waals surface area contributed by atoms with E-state index in [9.17, 15) is 0 Å². The van der Waals surface area contributed by atoms with E-state index in [1.807, 2.05) is 54.3 Å². The predicted molar refractivity (Wildman–Crippen MR) is 121 cm³/mol. The van der Waals surface area contributed by atoms with Crippen molar-refractivity contribution in [3.05, 3.63) is 53.1 Å². The molecule has 0 aromatic heterocycles. The molecule has 0 radical (unpaired) electrons. The second-order valence-corrected chi connectivity index (χ2v) is 7.43. The summed E-state index contributed by atoms with van der Waals surface area (Å²) in [5, 5.41) is 4.11. The lowest BCUT2D eigenvalue weighted by molar-refractivity contribution is 0.0671. The van der Waals surface area contributed by atoms with Crippen LogP contribution in [-0.4, -0.2) is 56.5 Å². The minimum absolute atomic E-state index is 0.207. The van der Waals surface area contributed by atoms with Crippen LogP contribution in [0.25, 0.3) is 0 Å². The van der Waals surface area contributed by atoms with Gasteiger partial charge in [0.2, 0.25) is 18.2 Å². The number of aliphatic imine (C=N–C) groups is 2. The van der Waals surface area contributed by atoms with E-state index in [0.717, 1.165) is 16.9 Å². The number of nitrogens with two attached hydrogens (primary N) is 1. The van der Waals surface area contributed by atoms with Crippen molar-refractivity contribution in [2.75, 3.05) is 43.6 Å². The predicted octanol–water partition coefficient (Wildman–Crippen LogP) is 2.88. The van der Waals surface area contributed by atoms with Crippen LogP contribution in [0.15, 0.2) is 52.4 Å². The molecule has 158 valence electrons. The molecular weight excluding hydrogens is 404 g/mol. The normalized spacial score (nSPS) is 19.2. The van der Waals surface area contributed by atoms with Gasteiger partial charge < -0.3 is 25.4 Å². The average Bonchev–Trinajstić information content (AvgIpc) is 2.76. The van der Waals surface area contributed by atoms with Gasteiger partial charge in [0.15, 0.2) is 0 Å². The number of halogens is 1. The topological polar surface area (TPSA) is 87.7 Å². The fourth-order valence-electron chi connectivity index (χ4n) is 3.46. The first kappa shape index (κ1) is 20.3. The van der Waals surface area contributed by atoms with Gasteiger partial charge in [0.1, 0.15) is 5.75 Å². The number of rotatable bonds is 4. The molecule has 2 heterocycles. The molecule has 3 N–H and O–H groups in total. The molecule has 0 amide bonds. The van der Waals surface area contributed by atoms with Gasteiger partial charge in [-0.2, -0.15) is 4.99 Å². The van der Waals surface area contributed by atoms with Crippen LogP contribution in [0.2, 0.25) is 5.02 Å². The van der Waals surface area contributed by atoms with Crippen molar-refractivity contribution in [3.63, 3.8) is 0 Å². The zero-order valence-electron chi connectivity index (χ0n) is 17.0. The maximum atomic E-state index is 6.33. The van der Waals surface area contributed by atoms with Gasteiger partial charge >= 0.3 is 0 Å². The van der Waals surface area contributed by atoms with Crippen molar-refractivity contribution in [1.29, 1.82) is 0 Å². The number of ether oxygens (including phenoxy) is 2. The van der Waals surface area contributed by atoms with E-state index >= 15 is 0 Å². The van der Waals surface area contributed by atoms with Crippen LogP contribution in [0.4, 0.5) is 11.4 Å². The third kappa shape index (κ3) is 4.15. The summed E-state index contributed by atoms with van der Waals surface area (Å²) in [6.07, 6.45) is -0.532. The third-order valence-electron chi connectivity index (χ3n) is 5.04. The van der Waals surface area contributed by atoms with Crippen LogP contribution in [-0.2, 0) is 4.74 Å². The number of nitrogens with zero attached hydrogens (tertiary/aromatic N) is 4. The van der Waals surface area contributed by atoms with Crippen LogP contribution < -0.4 is 20.7 Å². The van der Waals surface area contributed by atoms with Crippen LogP contribution in [0.5, 0.6) is 5.75 Å². The standard InChI is InChI=1S/C21H25ClN6O2/c1-14-7-8-15(13-16(14)22)24-20-25-19(23)26-21(27-9-11-30-12-10-27)28(20)17-5-3-4-6-18(17)29-2/h3-8,13,20,24H,9-12H2,1-2H3,(H2,23,25). The Labute approximate surface area is 180 Å². The van der Waals surface area contributed by atoms with Gasteiger partial charge in [-0.3, -0.25) is 4.90 Å². The number of para-hydroxylation sites is 2. The molecule has 9 heteroatoms. The molecule has 2 aliphatic rings. The number of methoxy groups -OCH3 is 1. The fraction of sp³-hybridized carbons (Fsp3) is 0.333. The lowest BCUT2D eigenvalue weighted by Gasteiger charge is -2.41. The molecular formula is C21H25ClN6O2. The highest BCUT2D eigenvalue weighted by Crippen LogP contribution is 2.33. The van der Waals surface area contributed by atoms with Gasteiger partial charge in [0, 0.05) is 23.8 Å². The van der Waals surface area contributed by atoms with Gasteiger partial charge in [0.05, 0.1) is 26.0 Å². The Bertz CT molecular complexity index is 974. The van der Waals surface area contributed by atoms with Gasteiger partial charge in [-0.15, -0.1) is 0 Å². The number of hydrogen-bond donors (Lipinski definition) is 2. The van der Waals surface area contributed by atoms with Crippen LogP contribution in [0.1, 0.15) is 5.56 Å². The highest BCUT2D eigenvalue weighted by atomic mass is 35.5. The summed E-state index contributed by atoms with van der Waals surface area (Å²) in [6.45, 7) is 4.64. The number of morpholine rings is 1. The first-order valence-electron chi connectivity index (χ1n) is 9.76. The Morgan fingerprint density at radius 1 is 1.20 bits per heavy atom. The Kier molecular flexibility index (Phi) is 5.96. The molecule has 2 aromatic carbocycles. The number of guanidine groups is 2. The molecule has 0 spiro atoms. The summed E-state index contributed by atoms with van der Waals surface area (Å²) in [7, 11) is 1.65. The number of aryl methyl sites for hydroxylation is 1. The maximum absolute atomic E-state index is 6.33. The lowest BCUT2D eigenvalue weighted by Crippen LogP contribution is -2.57. The van der Waals surface area contributed by atoms with E-state index in [0.29, 0.717) is 43.0 Å². The highest BCUT2D eigenvalue weighted by molar-refractivity contribution is 6.31. The second-order valence-electron chi connectivity index (χ2n) is 7.02. The van der Waals surface area contributed by atoms with Crippen molar-refractivity contribution in [2.24, 2.45) is 15.7 Å². The number of hydrogen-bond acceptors (Lipinski definition) is 8. The summed E-state index contributed by atoms with van der Waals surface area (Å²) in [6, 6.07) is 13.6. The Morgan fingerprint density at radius 2 is 1.97 bits per heavy atom. The van der Waals surface area contributed by atoms with Crippen LogP contribution in [0, 0.1) is 6.92 Å². The quantitative estimate of drug-likeness (QED) is 0.778. The molecule has 2 aromatic rings. The zero-order valence-corrected chi connectivity index (χ0v) is 17.8. The third-order valence-corrected chi connectivity index (χ3v) is 5.44. The van der Waals surface area contributed by atoms with E-state index in [-0.39, 0.29) is 5.96 Å². The second kappa shape index (κ2) is 8.81. The lowest BCUT2D eigenvalue weighted by atomic mass is 10.2. The Hall–Kier alpha value is -2.97. The van der Waals surface area contributed by atoms with Crippen molar-refractivity contribution in [2.45, 2.75) is 13.2 Å². The maximum Gasteiger partial charge on any atom is 0.222 e. The van der Waals surface area contributed by atoms with Crippen LogP contribution >= 0.6 is 11.6 Å². The molecule has 1 unspecified atom stereocenters. The summed E-state index contributed by atoms with van der Waals surface area (Å²) in [5.74, 6) is 1.62. The van der Waals surface area contributed by atoms with Gasteiger partial charge in [-0.25, -0.2) is 4.99 Å². The molecule has 4 rings (SSSR count). The smallest absolute Gasteiger partial charge is 0.222 e. The Morgan fingerprint density at radius 3 is 2.70 bits per heavy atom. The molecule has 0 aliphatic carbocycles. The fourth-order valence-corrected chi connectivity index (χ4v) is 3.64. The van der Waals surface area contributed by atoms with Crippen molar-refractivity contribution in [3.8, 4) is 5.75 Å². The average molecular weight is 429 g/mol. The molecule has 0 bridgehead atoms. The first-order chi connectivity index (χ1) is 14.6. The van der Waals surface area contributed by atoms with Gasteiger partial charge in [-0.1, -0.05) is 29.8 Å². The minimum Gasteiger partial charge on any atom is -0.495 e. The number of anilines is 2. The number of benzene rings is 2. The highest BCUT2D eigenvalue weighted by Gasteiger charge is 2.33. The van der Waals surface area contributed by atoms with Crippen molar-refractivity contribution < 1.29 is 9.47 Å². The minimum atomic E-state index is -0.532.